The first-order chi connectivity index (χ1) is 15.5. The molecule has 1 saturated carbocycles. The van der Waals surface area contributed by atoms with Crippen molar-refractivity contribution < 1.29 is 18.3 Å². The molecular weight excluding hydrogens is 506 g/mol. The van der Waals surface area contributed by atoms with Crippen molar-refractivity contribution in [2.24, 2.45) is 0 Å². The molecule has 0 unspecified atom stereocenters. The van der Waals surface area contributed by atoms with Crippen molar-refractivity contribution in [1.29, 1.82) is 0 Å². The summed E-state index contributed by atoms with van der Waals surface area (Å²) in [5, 5.41) is 13.8. The Kier molecular flexibility index (Phi) is 6.66. The molecule has 176 valence electrons. The number of rotatable bonds is 6. The minimum Gasteiger partial charge on any atom is -0.487 e. The maximum atomic E-state index is 12.2. The minimum atomic E-state index is -3.30. The number of ether oxygens (including phenoxy) is 1. The summed E-state index contributed by atoms with van der Waals surface area (Å²) < 4.78 is 30.6. The molecule has 0 atom stereocenters. The first-order valence-corrected chi connectivity index (χ1v) is 13.6. The van der Waals surface area contributed by atoms with Gasteiger partial charge < -0.3 is 15.2 Å². The number of fused-ring (bicyclic) bond motifs is 1. The molecule has 0 saturated heterocycles. The van der Waals surface area contributed by atoms with Gasteiger partial charge in [-0.25, -0.2) is 18.4 Å². The van der Waals surface area contributed by atoms with Crippen LogP contribution in [0, 0.1) is 0 Å². The molecule has 4 rings (SSSR count). The van der Waals surface area contributed by atoms with Crippen LogP contribution in [0.2, 0.25) is 0 Å². The molecule has 7 nitrogen and oxygen atoms in total. The summed E-state index contributed by atoms with van der Waals surface area (Å²) in [6.07, 6.45) is 5.81. The van der Waals surface area contributed by atoms with E-state index in [1.54, 1.807) is 32.2 Å². The van der Waals surface area contributed by atoms with Crippen LogP contribution in [0.25, 0.3) is 10.9 Å². The Morgan fingerprint density at radius 1 is 1.15 bits per heavy atom. The summed E-state index contributed by atoms with van der Waals surface area (Å²) in [4.78, 5) is 9.13. The molecular formula is C24H28BrN3O4S. The van der Waals surface area contributed by atoms with Gasteiger partial charge in [-0.1, -0.05) is 12.1 Å². The molecule has 2 aromatic carbocycles. The minimum absolute atomic E-state index is 0.0246. The van der Waals surface area contributed by atoms with Crippen molar-refractivity contribution >= 4 is 48.3 Å². The van der Waals surface area contributed by atoms with Gasteiger partial charge in [-0.15, -0.1) is 0 Å². The quantitative estimate of drug-likeness (QED) is 0.454. The van der Waals surface area contributed by atoms with Gasteiger partial charge in [0.2, 0.25) is 5.95 Å². The van der Waals surface area contributed by atoms with Crippen LogP contribution in [-0.2, 0) is 14.6 Å². The van der Waals surface area contributed by atoms with Gasteiger partial charge in [-0.2, -0.15) is 0 Å². The second-order valence-electron chi connectivity index (χ2n) is 9.04. The van der Waals surface area contributed by atoms with Crippen LogP contribution in [0.5, 0.6) is 5.75 Å². The highest BCUT2D eigenvalue weighted by Crippen LogP contribution is 2.36. The highest BCUT2D eigenvalue weighted by molar-refractivity contribution is 9.10. The number of halogens is 1. The fourth-order valence-electron chi connectivity index (χ4n) is 3.86. The van der Waals surface area contributed by atoms with Gasteiger partial charge in [0.15, 0.2) is 15.6 Å². The number of sulfone groups is 1. The Labute approximate surface area is 202 Å². The molecule has 0 amide bonds. The Bertz CT molecular complexity index is 1270. The highest BCUT2D eigenvalue weighted by Gasteiger charge is 2.32. The van der Waals surface area contributed by atoms with Crippen molar-refractivity contribution in [2.45, 2.75) is 56.5 Å². The number of aromatic nitrogens is 2. The Morgan fingerprint density at radius 2 is 1.88 bits per heavy atom. The van der Waals surface area contributed by atoms with E-state index in [9.17, 15) is 13.5 Å². The smallest absolute Gasteiger partial charge is 0.227 e. The predicted octanol–water partition coefficient (Wildman–Crippen LogP) is 5.10. The van der Waals surface area contributed by atoms with Crippen LogP contribution in [0.3, 0.4) is 0 Å². The first kappa shape index (κ1) is 23.9. The monoisotopic (exact) mass is 533 g/mol. The van der Waals surface area contributed by atoms with Gasteiger partial charge in [-0.05, 0) is 85.3 Å². The van der Waals surface area contributed by atoms with E-state index in [1.807, 2.05) is 24.3 Å². The molecule has 2 N–H and O–H groups in total. The van der Waals surface area contributed by atoms with E-state index >= 15 is 0 Å². The number of benzene rings is 2. The number of nitrogens with one attached hydrogen (secondary N) is 1. The van der Waals surface area contributed by atoms with E-state index in [4.69, 9.17) is 9.72 Å². The van der Waals surface area contributed by atoms with Crippen molar-refractivity contribution in [1.82, 2.24) is 9.97 Å². The first-order valence-electron chi connectivity index (χ1n) is 10.9. The Balaban J connectivity index is 1.64. The van der Waals surface area contributed by atoms with Crippen LogP contribution in [0.1, 0.15) is 45.1 Å². The molecule has 3 aromatic rings. The number of hydrogen-bond acceptors (Lipinski definition) is 7. The second-order valence-corrected chi connectivity index (χ2v) is 12.5. The average molecular weight is 534 g/mol. The molecule has 0 bridgehead atoms. The summed E-state index contributed by atoms with van der Waals surface area (Å²) >= 11 is 3.59. The molecule has 1 aliphatic carbocycles. The lowest BCUT2D eigenvalue weighted by molar-refractivity contribution is 0.0669. The van der Waals surface area contributed by atoms with Crippen LogP contribution in [0.15, 0.2) is 47.1 Å². The number of hydrogen-bond donors (Lipinski definition) is 2. The molecule has 0 radical (unpaired) electrons. The lowest BCUT2D eigenvalue weighted by atomic mass is 9.95. The van der Waals surface area contributed by atoms with Gasteiger partial charge in [0.25, 0.3) is 0 Å². The van der Waals surface area contributed by atoms with E-state index in [2.05, 4.69) is 26.2 Å². The second kappa shape index (κ2) is 9.19. The van der Waals surface area contributed by atoms with Gasteiger partial charge in [0.1, 0.15) is 5.52 Å². The molecule has 9 heteroatoms. The molecule has 1 aliphatic rings. The van der Waals surface area contributed by atoms with Crippen molar-refractivity contribution in [3.05, 3.63) is 52.6 Å². The van der Waals surface area contributed by atoms with Gasteiger partial charge in [0.05, 0.1) is 21.4 Å². The van der Waals surface area contributed by atoms with Gasteiger partial charge in [-0.3, -0.25) is 0 Å². The van der Waals surface area contributed by atoms with E-state index in [0.29, 0.717) is 28.5 Å². The molecule has 0 spiro atoms. The summed E-state index contributed by atoms with van der Waals surface area (Å²) in [6.45, 7) is 3.39. The zero-order valence-electron chi connectivity index (χ0n) is 18.9. The normalized spacial score (nSPS) is 19.4. The van der Waals surface area contributed by atoms with E-state index in [1.165, 1.54) is 6.26 Å². The van der Waals surface area contributed by atoms with Crippen LogP contribution < -0.4 is 10.1 Å². The summed E-state index contributed by atoms with van der Waals surface area (Å²) in [6, 6.07) is 11.1. The topological polar surface area (TPSA) is 101 Å². The maximum absolute atomic E-state index is 12.2. The summed E-state index contributed by atoms with van der Waals surface area (Å²) in [5.74, 6) is 1.05. The van der Waals surface area contributed by atoms with Crippen molar-refractivity contribution in [3.8, 4) is 5.75 Å². The van der Waals surface area contributed by atoms with Crippen molar-refractivity contribution in [3.63, 3.8) is 0 Å². The number of aliphatic hydroxyl groups excluding tert-OH is 1. The van der Waals surface area contributed by atoms with Crippen LogP contribution >= 0.6 is 15.9 Å². The lowest BCUT2D eigenvalue weighted by Crippen LogP contribution is -2.28. The largest absolute Gasteiger partial charge is 0.487 e. The SMILES string of the molecule is CC(C)(c1cccc(Nc2ncc3ccc(Br)c(OC4CCC(O)CC4)c3n2)c1)S(C)(=O)=O. The third kappa shape index (κ3) is 5.15. The van der Waals surface area contributed by atoms with Gasteiger partial charge in [0, 0.05) is 23.5 Å². The fourth-order valence-corrected chi connectivity index (χ4v) is 4.83. The predicted molar refractivity (Wildman–Crippen MR) is 134 cm³/mol. The number of nitrogens with zero attached hydrogens (tertiary/aromatic N) is 2. The zero-order chi connectivity index (χ0) is 23.8. The highest BCUT2D eigenvalue weighted by atomic mass is 79.9. The number of aliphatic hydroxyl groups is 1. The van der Waals surface area contributed by atoms with E-state index in [0.717, 1.165) is 35.5 Å². The molecule has 33 heavy (non-hydrogen) atoms. The third-order valence-electron chi connectivity index (χ3n) is 6.33. The van der Waals surface area contributed by atoms with E-state index in [-0.39, 0.29) is 12.2 Å². The summed E-state index contributed by atoms with van der Waals surface area (Å²) in [5.41, 5.74) is 2.06. The lowest BCUT2D eigenvalue weighted by Gasteiger charge is -2.27. The maximum Gasteiger partial charge on any atom is 0.227 e. The third-order valence-corrected chi connectivity index (χ3v) is 9.04. The molecule has 1 heterocycles. The van der Waals surface area contributed by atoms with Gasteiger partial charge >= 0.3 is 0 Å². The Morgan fingerprint density at radius 3 is 2.58 bits per heavy atom. The fraction of sp³-hybridized carbons (Fsp3) is 0.417. The van der Waals surface area contributed by atoms with Crippen LogP contribution in [-0.4, -0.2) is 42.0 Å². The number of anilines is 2. The molecule has 1 aromatic heterocycles. The summed E-state index contributed by atoms with van der Waals surface area (Å²) in [7, 11) is -3.30. The van der Waals surface area contributed by atoms with E-state index < -0.39 is 14.6 Å². The molecule has 0 aliphatic heterocycles. The Hall–Kier alpha value is -2.23. The van der Waals surface area contributed by atoms with Crippen molar-refractivity contribution in [2.75, 3.05) is 11.6 Å². The molecule has 1 fully saturated rings. The standard InChI is InChI=1S/C24H28BrN3O4S/c1-24(2,33(3,30)31)16-5-4-6-17(13-16)27-23-26-14-15-7-12-20(25)22(21(15)28-23)32-19-10-8-18(29)9-11-19/h4-7,12-14,18-19,29H,8-11H2,1-3H3,(H,26,27,28). The van der Waals surface area contributed by atoms with Crippen LogP contribution in [0.4, 0.5) is 11.6 Å². The average Bonchev–Trinajstić information content (AvgIpc) is 2.76. The zero-order valence-corrected chi connectivity index (χ0v) is 21.3.